The molecule has 294 valence electrons. The number of hydrogen-bond acceptors (Lipinski definition) is 10. The molecule has 0 aliphatic heterocycles. The summed E-state index contributed by atoms with van der Waals surface area (Å²) in [6, 6.07) is 25.7. The molecule has 0 amide bonds. The molecule has 0 aliphatic carbocycles. The highest BCUT2D eigenvalue weighted by Gasteiger charge is 2.26. The largest absolute Gasteiger partial charge is 0.345 e. The summed E-state index contributed by atoms with van der Waals surface area (Å²) in [6.07, 6.45) is 3.22. The number of benzene rings is 7. The van der Waals surface area contributed by atoms with Gasteiger partial charge in [0.1, 0.15) is 22.6 Å². The molecule has 0 bridgehead atoms. The van der Waals surface area contributed by atoms with E-state index in [0.717, 1.165) is 32.8 Å². The number of rotatable bonds is 0. The van der Waals surface area contributed by atoms with Crippen molar-refractivity contribution in [2.45, 2.75) is 0 Å². The predicted molar refractivity (Wildman–Crippen MR) is 246 cm³/mol. The number of pyridine rings is 4. The zero-order valence-electron chi connectivity index (χ0n) is 32.3. The van der Waals surface area contributed by atoms with E-state index < -0.39 is 0 Å². The van der Waals surface area contributed by atoms with E-state index in [-0.39, 0.29) is 22.2 Å². The van der Waals surface area contributed by atoms with Gasteiger partial charge in [-0.05, 0) is 84.9 Å². The molecule has 16 heteroatoms. The van der Waals surface area contributed by atoms with Gasteiger partial charge in [0.25, 0.3) is 22.2 Å². The average Bonchev–Trinajstić information content (AvgIpc) is 4.17. The summed E-state index contributed by atoms with van der Waals surface area (Å²) in [4.78, 5) is 93.2. The average molecular weight is 827 g/mol. The van der Waals surface area contributed by atoms with Crippen molar-refractivity contribution < 1.29 is 0 Å². The third kappa shape index (κ3) is 3.27. The van der Waals surface area contributed by atoms with Crippen molar-refractivity contribution in [1.82, 2.24) is 57.5 Å². The highest BCUT2D eigenvalue weighted by Crippen LogP contribution is 2.40. The van der Waals surface area contributed by atoms with Crippen LogP contribution in [0.5, 0.6) is 0 Å². The van der Waals surface area contributed by atoms with Crippen LogP contribution in [0.4, 0.5) is 0 Å². The van der Waals surface area contributed by atoms with Gasteiger partial charge >= 0.3 is 0 Å². The zero-order valence-corrected chi connectivity index (χ0v) is 32.3. The lowest BCUT2D eigenvalue weighted by molar-refractivity contribution is 1.17. The summed E-state index contributed by atoms with van der Waals surface area (Å²) >= 11 is 0. The number of nitrogens with zero attached hydrogens (tertiary/aromatic N) is 10. The van der Waals surface area contributed by atoms with Crippen LogP contribution in [-0.2, 0) is 0 Å². The van der Waals surface area contributed by atoms with Gasteiger partial charge in [-0.25, -0.2) is 29.9 Å². The summed E-state index contributed by atoms with van der Waals surface area (Å²) in [5.74, 6) is 0. The van der Waals surface area contributed by atoms with Gasteiger partial charge in [0.2, 0.25) is 0 Å². The minimum Gasteiger partial charge on any atom is -0.345 e. The van der Waals surface area contributed by atoms with E-state index in [0.29, 0.717) is 121 Å². The molecule has 16 nitrogen and oxygen atoms in total. The molecular formula is C48H18N12O4. The Morgan fingerprint density at radius 1 is 0.328 bits per heavy atom. The molecule has 17 rings (SSSR count). The first-order valence-corrected chi connectivity index (χ1v) is 20.4. The van der Waals surface area contributed by atoms with Crippen LogP contribution < -0.4 is 22.2 Å². The maximum absolute atomic E-state index is 14.8. The molecule has 0 spiro atoms. The minimum absolute atomic E-state index is 0.236. The standard InChI is InChI=1S/C48H18N12O4/c61-45-21-5-7-23-39-19(3-1-17(37(21)39)41-53-29-9-25-27(51-15-49-25)12-33(29)57(41)45)43-55-31-11-32-36(14-35(31)59(43)47(23)63)60-44(56-32)20-4-2-18-38-22(6-8-24(40(20)38)48(60)64)46(62)58-34-13-28-26(50-16-52-28)10-30(34)54-42(18)58/h1-16H,(H,49,51)(H,50,52). The van der Waals surface area contributed by atoms with Gasteiger partial charge in [0.05, 0.1) is 78.9 Å². The summed E-state index contributed by atoms with van der Waals surface area (Å²) in [7, 11) is 0. The lowest BCUT2D eigenvalue weighted by atomic mass is 9.96. The lowest BCUT2D eigenvalue weighted by Crippen LogP contribution is -2.17. The van der Waals surface area contributed by atoms with Crippen molar-refractivity contribution in [3.05, 3.63) is 139 Å². The number of fused-ring (bicyclic) bond motifs is 18. The van der Waals surface area contributed by atoms with Crippen LogP contribution in [-0.4, -0.2) is 57.5 Å². The van der Waals surface area contributed by atoms with E-state index in [1.165, 1.54) is 0 Å². The van der Waals surface area contributed by atoms with Crippen molar-refractivity contribution in [1.29, 1.82) is 0 Å². The van der Waals surface area contributed by atoms with Crippen LogP contribution in [0.3, 0.4) is 0 Å². The van der Waals surface area contributed by atoms with Gasteiger partial charge in [-0.2, -0.15) is 0 Å². The van der Waals surface area contributed by atoms with Gasteiger partial charge in [0, 0.05) is 64.6 Å². The fourth-order valence-electron chi connectivity index (χ4n) is 11.1. The Morgan fingerprint density at radius 3 is 0.938 bits per heavy atom. The molecular weight excluding hydrogens is 809 g/mol. The first-order chi connectivity index (χ1) is 31.4. The Hall–Kier alpha value is -9.44. The Morgan fingerprint density at radius 2 is 0.609 bits per heavy atom. The van der Waals surface area contributed by atoms with Gasteiger partial charge in [-0.1, -0.05) is 0 Å². The molecule has 0 fully saturated rings. The molecule has 64 heavy (non-hydrogen) atoms. The van der Waals surface area contributed by atoms with Crippen molar-refractivity contribution in [2.75, 3.05) is 0 Å². The Labute approximate surface area is 348 Å². The van der Waals surface area contributed by atoms with Crippen molar-refractivity contribution >= 4 is 153 Å². The van der Waals surface area contributed by atoms with Crippen LogP contribution in [0.2, 0.25) is 0 Å². The second-order valence-corrected chi connectivity index (χ2v) is 16.8. The molecule has 0 saturated carbocycles. The number of H-pyrrole nitrogens is 2. The minimum atomic E-state index is -0.307. The molecule has 7 aromatic carbocycles. The molecule has 10 aromatic heterocycles. The van der Waals surface area contributed by atoms with E-state index in [1.807, 2.05) is 54.6 Å². The van der Waals surface area contributed by atoms with Crippen LogP contribution in [0, 0.1) is 0 Å². The van der Waals surface area contributed by atoms with Crippen LogP contribution in [0.25, 0.3) is 153 Å². The fraction of sp³-hybridized carbons (Fsp3) is 0. The van der Waals surface area contributed by atoms with Gasteiger partial charge in [-0.3, -0.25) is 36.8 Å². The van der Waals surface area contributed by atoms with Gasteiger partial charge < -0.3 is 9.97 Å². The summed E-state index contributed by atoms with van der Waals surface area (Å²) < 4.78 is 6.44. The summed E-state index contributed by atoms with van der Waals surface area (Å²) in [5, 5.41) is 7.25. The molecule has 0 atom stereocenters. The zero-order chi connectivity index (χ0) is 41.8. The molecule has 0 saturated heterocycles. The SMILES string of the molecule is O=c1c2ccc3c(=O)n4c5cc6c(cc5nc4c4ccc(c2c34)c2nc3cc4nc[nH]c4cc3n12)nc1c2ccc3c4c(ccc(c(=O)n61)c24)c(=O)n1c2cc4[nH]cnc4cc2nc31. The third-order valence-corrected chi connectivity index (χ3v) is 13.8. The highest BCUT2D eigenvalue weighted by molar-refractivity contribution is 6.29. The Balaban J connectivity index is 0.941. The molecule has 0 aliphatic rings. The highest BCUT2D eigenvalue weighted by atomic mass is 16.1. The molecule has 0 unspecified atom stereocenters. The first-order valence-electron chi connectivity index (χ1n) is 20.4. The van der Waals surface area contributed by atoms with E-state index in [4.69, 9.17) is 19.9 Å². The predicted octanol–water partition coefficient (Wildman–Crippen LogP) is 6.75. The molecule has 17 aromatic rings. The quantitative estimate of drug-likeness (QED) is 0.154. The maximum atomic E-state index is 14.8. The van der Waals surface area contributed by atoms with E-state index in [2.05, 4.69) is 19.9 Å². The van der Waals surface area contributed by atoms with E-state index in [1.54, 1.807) is 60.6 Å². The first kappa shape index (κ1) is 31.4. The monoisotopic (exact) mass is 826 g/mol. The maximum Gasteiger partial charge on any atom is 0.264 e. The van der Waals surface area contributed by atoms with Crippen LogP contribution >= 0.6 is 0 Å². The number of imidazole rings is 6. The van der Waals surface area contributed by atoms with Crippen molar-refractivity contribution in [2.24, 2.45) is 0 Å². The van der Waals surface area contributed by atoms with Crippen LogP contribution in [0.15, 0.2) is 117 Å². The van der Waals surface area contributed by atoms with E-state index in [9.17, 15) is 19.2 Å². The third-order valence-electron chi connectivity index (χ3n) is 13.8. The van der Waals surface area contributed by atoms with Crippen molar-refractivity contribution in [3.63, 3.8) is 0 Å². The number of aromatic nitrogens is 12. The lowest BCUT2D eigenvalue weighted by Gasteiger charge is -2.12. The summed E-state index contributed by atoms with van der Waals surface area (Å²) in [6.45, 7) is 0. The van der Waals surface area contributed by atoms with Crippen LogP contribution in [0.1, 0.15) is 0 Å². The topological polar surface area (TPSA) is 195 Å². The number of hydrogen-bond donors (Lipinski definition) is 2. The number of aromatic amines is 2. The molecule has 2 N–H and O–H groups in total. The smallest absolute Gasteiger partial charge is 0.264 e. The summed E-state index contributed by atoms with van der Waals surface area (Å²) in [5.41, 5.74) is 8.51. The van der Waals surface area contributed by atoms with Crippen molar-refractivity contribution in [3.8, 4) is 0 Å². The van der Waals surface area contributed by atoms with Gasteiger partial charge in [0.15, 0.2) is 0 Å². The number of nitrogens with one attached hydrogen (secondary N) is 2. The second-order valence-electron chi connectivity index (χ2n) is 16.8. The normalized spacial score (nSPS) is 13.2. The fourth-order valence-corrected chi connectivity index (χ4v) is 11.1. The van der Waals surface area contributed by atoms with E-state index >= 15 is 0 Å². The second kappa shape index (κ2) is 9.85. The Kier molecular flexibility index (Phi) is 4.84. The van der Waals surface area contributed by atoms with Gasteiger partial charge in [-0.15, -0.1) is 0 Å². The Bertz CT molecular complexity index is 5040. The molecule has 10 heterocycles. The molecule has 0 radical (unpaired) electrons.